The molecule has 1 amide bonds. The van der Waals surface area contributed by atoms with Gasteiger partial charge in [0, 0.05) is 13.1 Å². The largest absolute Gasteiger partial charge is 0.416 e. The van der Waals surface area contributed by atoms with Crippen LogP contribution in [0.2, 0.25) is 5.02 Å². The number of benzene rings is 2. The molecule has 1 N–H and O–H groups in total. The van der Waals surface area contributed by atoms with Gasteiger partial charge in [-0.25, -0.2) is 12.8 Å². The van der Waals surface area contributed by atoms with Crippen LogP contribution in [0.1, 0.15) is 41.6 Å². The third kappa shape index (κ3) is 5.36. The van der Waals surface area contributed by atoms with Gasteiger partial charge in [-0.3, -0.25) is 4.79 Å². The molecule has 1 aliphatic rings. The summed E-state index contributed by atoms with van der Waals surface area (Å²) in [5.74, 6) is -2.14. The first-order chi connectivity index (χ1) is 14.5. The lowest BCUT2D eigenvalue weighted by atomic mass is 10.1. The van der Waals surface area contributed by atoms with Crippen LogP contribution in [-0.4, -0.2) is 31.7 Å². The maximum Gasteiger partial charge on any atom is 0.416 e. The molecule has 0 atom stereocenters. The summed E-state index contributed by atoms with van der Waals surface area (Å²) in [4.78, 5) is 12.3. The van der Waals surface area contributed by atoms with Gasteiger partial charge in [-0.2, -0.15) is 17.5 Å². The average molecular weight is 479 g/mol. The van der Waals surface area contributed by atoms with E-state index in [0.717, 1.165) is 43.2 Å². The summed E-state index contributed by atoms with van der Waals surface area (Å²) in [7, 11) is -3.95. The number of carbonyl (C=O) groups is 1. The Morgan fingerprint density at radius 3 is 2.26 bits per heavy atom. The molecule has 0 unspecified atom stereocenters. The standard InChI is InChI=1S/C20H19ClF4N2O3S/c21-16-7-5-13(20(23,24)25)11-18(16)26-19(28)15-12-14(6-8-17(15)22)31(29,30)27-9-3-1-2-4-10-27/h5-8,11-12H,1-4,9-10H2,(H,26,28). The SMILES string of the molecule is O=C(Nc1cc(C(F)(F)F)ccc1Cl)c1cc(S(=O)(=O)N2CCCCCC2)ccc1F. The van der Waals surface area contributed by atoms with E-state index in [-0.39, 0.29) is 15.6 Å². The summed E-state index contributed by atoms with van der Waals surface area (Å²) < 4.78 is 80.2. The second-order valence-corrected chi connectivity index (χ2v) is 9.45. The van der Waals surface area contributed by atoms with Crippen molar-refractivity contribution in [1.82, 2.24) is 4.31 Å². The lowest BCUT2D eigenvalue weighted by molar-refractivity contribution is -0.137. The first kappa shape index (κ1) is 23.5. The van der Waals surface area contributed by atoms with Gasteiger partial charge in [-0.05, 0) is 49.2 Å². The van der Waals surface area contributed by atoms with Gasteiger partial charge in [-0.15, -0.1) is 0 Å². The van der Waals surface area contributed by atoms with Gasteiger partial charge >= 0.3 is 6.18 Å². The highest BCUT2D eigenvalue weighted by atomic mass is 35.5. The Labute approximate surface area is 182 Å². The Hall–Kier alpha value is -2.17. The predicted octanol–water partition coefficient (Wildman–Crippen LogP) is 5.31. The first-order valence-electron chi connectivity index (χ1n) is 9.48. The van der Waals surface area contributed by atoms with Crippen molar-refractivity contribution < 1.29 is 30.8 Å². The summed E-state index contributed by atoms with van der Waals surface area (Å²) in [6, 6.07) is 5.10. The van der Waals surface area contributed by atoms with Crippen molar-refractivity contribution in [1.29, 1.82) is 0 Å². The summed E-state index contributed by atoms with van der Waals surface area (Å²) in [6.45, 7) is 0.641. The molecule has 1 fully saturated rings. The fourth-order valence-corrected chi connectivity index (χ4v) is 4.97. The van der Waals surface area contributed by atoms with Gasteiger partial charge in [0.15, 0.2) is 0 Å². The van der Waals surface area contributed by atoms with Crippen LogP contribution < -0.4 is 5.32 Å². The molecular formula is C20H19ClF4N2O3S. The molecule has 0 aliphatic carbocycles. The summed E-state index contributed by atoms with van der Waals surface area (Å²) in [5.41, 5.74) is -2.05. The molecule has 5 nitrogen and oxygen atoms in total. The van der Waals surface area contributed by atoms with Crippen LogP contribution in [-0.2, 0) is 16.2 Å². The minimum Gasteiger partial charge on any atom is -0.321 e. The molecule has 1 aliphatic heterocycles. The Morgan fingerprint density at radius 1 is 1.00 bits per heavy atom. The normalized spacial score (nSPS) is 16.0. The molecule has 1 heterocycles. The van der Waals surface area contributed by atoms with E-state index in [1.165, 1.54) is 4.31 Å². The highest BCUT2D eigenvalue weighted by molar-refractivity contribution is 7.89. The van der Waals surface area contributed by atoms with E-state index < -0.39 is 39.1 Å². The lowest BCUT2D eigenvalue weighted by Gasteiger charge is -2.20. The van der Waals surface area contributed by atoms with Crippen molar-refractivity contribution in [2.75, 3.05) is 18.4 Å². The second kappa shape index (κ2) is 9.13. The van der Waals surface area contributed by atoms with Crippen LogP contribution in [0.5, 0.6) is 0 Å². The number of halogens is 5. The predicted molar refractivity (Wildman–Crippen MR) is 108 cm³/mol. The molecule has 1 saturated heterocycles. The fraction of sp³-hybridized carbons (Fsp3) is 0.350. The molecule has 11 heteroatoms. The first-order valence-corrected chi connectivity index (χ1v) is 11.3. The summed E-state index contributed by atoms with van der Waals surface area (Å²) in [5, 5.41) is 1.94. The van der Waals surface area contributed by atoms with Crippen LogP contribution in [0.25, 0.3) is 0 Å². The Kier molecular flexibility index (Phi) is 6.92. The number of amides is 1. The molecule has 0 saturated carbocycles. The number of sulfonamides is 1. The van der Waals surface area contributed by atoms with E-state index in [4.69, 9.17) is 11.6 Å². The minimum atomic E-state index is -4.67. The molecular weight excluding hydrogens is 460 g/mol. The number of rotatable bonds is 4. The molecule has 0 aromatic heterocycles. The van der Waals surface area contributed by atoms with Crippen LogP contribution in [0.4, 0.5) is 23.2 Å². The monoisotopic (exact) mass is 478 g/mol. The van der Waals surface area contributed by atoms with Crippen molar-refractivity contribution >= 4 is 33.2 Å². The lowest BCUT2D eigenvalue weighted by Crippen LogP contribution is -2.32. The number of nitrogens with zero attached hydrogens (tertiary/aromatic N) is 1. The van der Waals surface area contributed by atoms with Gasteiger partial charge < -0.3 is 5.32 Å². The maximum atomic E-state index is 14.3. The Balaban J connectivity index is 1.91. The molecule has 2 aromatic carbocycles. The van der Waals surface area contributed by atoms with E-state index >= 15 is 0 Å². The van der Waals surface area contributed by atoms with Crippen molar-refractivity contribution in [2.24, 2.45) is 0 Å². The third-order valence-electron chi connectivity index (χ3n) is 4.93. The molecule has 3 rings (SSSR count). The van der Waals surface area contributed by atoms with E-state index in [1.54, 1.807) is 0 Å². The fourth-order valence-electron chi connectivity index (χ4n) is 3.26. The van der Waals surface area contributed by atoms with Gasteiger partial charge in [0.2, 0.25) is 10.0 Å². The second-order valence-electron chi connectivity index (χ2n) is 7.11. The highest BCUT2D eigenvalue weighted by Crippen LogP contribution is 2.34. The molecule has 0 bridgehead atoms. The van der Waals surface area contributed by atoms with Crippen LogP contribution in [0, 0.1) is 5.82 Å². The average Bonchev–Trinajstić information content (AvgIpc) is 2.99. The highest BCUT2D eigenvalue weighted by Gasteiger charge is 2.31. The van der Waals surface area contributed by atoms with E-state index in [9.17, 15) is 30.8 Å². The molecule has 31 heavy (non-hydrogen) atoms. The smallest absolute Gasteiger partial charge is 0.321 e. The molecule has 168 valence electrons. The molecule has 2 aromatic rings. The molecule has 0 spiro atoms. The third-order valence-corrected chi connectivity index (χ3v) is 7.15. The number of hydrogen-bond donors (Lipinski definition) is 1. The topological polar surface area (TPSA) is 66.5 Å². The molecule has 0 radical (unpaired) electrons. The maximum absolute atomic E-state index is 14.3. The zero-order chi connectivity index (χ0) is 22.8. The summed E-state index contributed by atoms with van der Waals surface area (Å²) in [6.07, 6.45) is -1.47. The quantitative estimate of drug-likeness (QED) is 0.605. The minimum absolute atomic E-state index is 0.185. The van der Waals surface area contributed by atoms with Crippen molar-refractivity contribution in [3.05, 3.63) is 58.4 Å². The Morgan fingerprint density at radius 2 is 1.65 bits per heavy atom. The Bertz CT molecular complexity index is 1080. The van der Waals surface area contributed by atoms with Crippen LogP contribution in [0.3, 0.4) is 0 Å². The van der Waals surface area contributed by atoms with Crippen molar-refractivity contribution in [3.63, 3.8) is 0 Å². The van der Waals surface area contributed by atoms with Crippen molar-refractivity contribution in [2.45, 2.75) is 36.8 Å². The number of hydrogen-bond acceptors (Lipinski definition) is 3. The number of nitrogens with one attached hydrogen (secondary N) is 1. The van der Waals surface area contributed by atoms with Crippen LogP contribution in [0.15, 0.2) is 41.3 Å². The zero-order valence-corrected chi connectivity index (χ0v) is 17.7. The van der Waals surface area contributed by atoms with Gasteiger partial charge in [0.05, 0.1) is 26.7 Å². The number of alkyl halides is 3. The van der Waals surface area contributed by atoms with E-state index in [0.29, 0.717) is 32.0 Å². The van der Waals surface area contributed by atoms with Gasteiger partial charge in [-0.1, -0.05) is 24.4 Å². The number of carbonyl (C=O) groups excluding carboxylic acids is 1. The van der Waals surface area contributed by atoms with Crippen LogP contribution >= 0.6 is 11.6 Å². The van der Waals surface area contributed by atoms with E-state index in [2.05, 4.69) is 5.32 Å². The summed E-state index contributed by atoms with van der Waals surface area (Å²) >= 11 is 5.86. The van der Waals surface area contributed by atoms with Crippen molar-refractivity contribution in [3.8, 4) is 0 Å². The zero-order valence-electron chi connectivity index (χ0n) is 16.2. The van der Waals surface area contributed by atoms with E-state index in [1.807, 2.05) is 0 Å². The number of anilines is 1. The van der Waals surface area contributed by atoms with Gasteiger partial charge in [0.25, 0.3) is 5.91 Å². The van der Waals surface area contributed by atoms with Gasteiger partial charge in [0.1, 0.15) is 5.82 Å².